The summed E-state index contributed by atoms with van der Waals surface area (Å²) in [7, 11) is 0. The third kappa shape index (κ3) is 4.09. The summed E-state index contributed by atoms with van der Waals surface area (Å²) in [6, 6.07) is 20.2. The van der Waals surface area contributed by atoms with Crippen LogP contribution in [0.3, 0.4) is 0 Å². The second-order valence-corrected chi connectivity index (χ2v) is 5.04. The smallest absolute Gasteiger partial charge is 0.139 e. The van der Waals surface area contributed by atoms with Crippen molar-refractivity contribution in [2.24, 2.45) is 0 Å². The number of benzene rings is 2. The average molecular weight is 290 g/mol. The van der Waals surface area contributed by atoms with Crippen molar-refractivity contribution >= 4 is 11.6 Å². The van der Waals surface area contributed by atoms with Crippen molar-refractivity contribution in [3.63, 3.8) is 0 Å². The summed E-state index contributed by atoms with van der Waals surface area (Å²) in [5.74, 6) is 1.68. The number of anilines is 1. The maximum atomic E-state index is 10.6. The number of hydrogen-bond donors (Lipinski definition) is 0. The molecule has 0 unspecified atom stereocenters. The number of carbonyl (C=O) groups excluding carboxylic acids is 1. The molecule has 2 aromatic carbocycles. The maximum absolute atomic E-state index is 10.6. The highest BCUT2D eigenvalue weighted by Gasteiger charge is 2.06. The van der Waals surface area contributed by atoms with Crippen molar-refractivity contribution in [3.8, 4) is 6.07 Å². The van der Waals surface area contributed by atoms with Crippen LogP contribution in [-0.4, -0.2) is 12.5 Å². The normalized spacial score (nSPS) is 9.64. The van der Waals surface area contributed by atoms with Gasteiger partial charge in [-0.1, -0.05) is 42.5 Å². The molecule has 0 saturated heterocycles. The average Bonchev–Trinajstić information content (AvgIpc) is 2.59. The Balaban J connectivity index is 2.11. The lowest BCUT2D eigenvalue weighted by Gasteiger charge is -2.23. The summed E-state index contributed by atoms with van der Waals surface area (Å²) >= 11 is 0. The molecule has 3 heteroatoms. The molecule has 0 aliphatic rings. The quantitative estimate of drug-likeness (QED) is 0.604. The molecule has 110 valence electrons. The number of nitriles is 1. The SMILES string of the molecule is CCN(Cc1ccccc1)c1ccc(CC(=C=O)C#N)cc1. The fraction of sp³-hybridized carbons (Fsp3) is 0.211. The van der Waals surface area contributed by atoms with Crippen molar-refractivity contribution < 1.29 is 4.79 Å². The third-order valence-corrected chi connectivity index (χ3v) is 3.54. The van der Waals surface area contributed by atoms with E-state index in [0.29, 0.717) is 6.42 Å². The molecule has 0 atom stereocenters. The highest BCUT2D eigenvalue weighted by molar-refractivity contribution is 5.60. The van der Waals surface area contributed by atoms with Crippen molar-refractivity contribution in [1.29, 1.82) is 5.26 Å². The van der Waals surface area contributed by atoms with E-state index in [4.69, 9.17) is 5.26 Å². The molecule has 22 heavy (non-hydrogen) atoms. The van der Waals surface area contributed by atoms with Gasteiger partial charge in [-0.05, 0) is 30.2 Å². The minimum Gasteiger partial charge on any atom is -0.367 e. The number of hydrogen-bond acceptors (Lipinski definition) is 3. The van der Waals surface area contributed by atoms with Crippen LogP contribution in [-0.2, 0) is 17.8 Å². The highest BCUT2D eigenvalue weighted by atomic mass is 16.1. The van der Waals surface area contributed by atoms with Crippen LogP contribution in [0, 0.1) is 11.3 Å². The van der Waals surface area contributed by atoms with Crippen LogP contribution >= 0.6 is 0 Å². The number of rotatable bonds is 6. The van der Waals surface area contributed by atoms with Crippen molar-refractivity contribution in [2.75, 3.05) is 11.4 Å². The van der Waals surface area contributed by atoms with E-state index in [0.717, 1.165) is 24.3 Å². The van der Waals surface area contributed by atoms with Crippen LogP contribution in [0.2, 0.25) is 0 Å². The van der Waals surface area contributed by atoms with E-state index < -0.39 is 0 Å². The summed E-state index contributed by atoms with van der Waals surface area (Å²) in [5.41, 5.74) is 3.47. The van der Waals surface area contributed by atoms with Gasteiger partial charge in [-0.15, -0.1) is 0 Å². The molecule has 0 aliphatic heterocycles. The molecule has 0 bridgehead atoms. The first-order chi connectivity index (χ1) is 10.8. The van der Waals surface area contributed by atoms with E-state index in [9.17, 15) is 4.79 Å². The lowest BCUT2D eigenvalue weighted by molar-refractivity contribution is 0.567. The predicted molar refractivity (Wildman–Crippen MR) is 88.1 cm³/mol. The van der Waals surface area contributed by atoms with Crippen molar-refractivity contribution in [2.45, 2.75) is 19.9 Å². The molecule has 0 amide bonds. The molecule has 0 aliphatic carbocycles. The first-order valence-electron chi connectivity index (χ1n) is 7.28. The van der Waals surface area contributed by atoms with Gasteiger partial charge in [0.2, 0.25) is 0 Å². The zero-order chi connectivity index (χ0) is 15.8. The second-order valence-electron chi connectivity index (χ2n) is 5.04. The standard InChI is InChI=1S/C19H18N2O/c1-2-21(14-17-6-4-3-5-7-17)19-10-8-16(9-11-19)12-18(13-20)15-22/h3-11H,2,12,14H2,1H3. The van der Waals surface area contributed by atoms with E-state index in [1.165, 1.54) is 5.56 Å². The number of nitrogens with zero attached hydrogens (tertiary/aromatic N) is 2. The van der Waals surface area contributed by atoms with E-state index in [1.54, 1.807) is 5.94 Å². The Morgan fingerprint density at radius 1 is 1.05 bits per heavy atom. The molecule has 2 rings (SSSR count). The lowest BCUT2D eigenvalue weighted by Crippen LogP contribution is -2.21. The molecule has 0 aromatic heterocycles. The van der Waals surface area contributed by atoms with E-state index in [1.807, 2.05) is 48.5 Å². The van der Waals surface area contributed by atoms with Gasteiger partial charge in [0.25, 0.3) is 0 Å². The molecular formula is C19H18N2O. The van der Waals surface area contributed by atoms with E-state index in [-0.39, 0.29) is 5.57 Å². The van der Waals surface area contributed by atoms with Gasteiger partial charge < -0.3 is 4.90 Å². The first kappa shape index (κ1) is 15.6. The zero-order valence-corrected chi connectivity index (χ0v) is 12.6. The predicted octanol–water partition coefficient (Wildman–Crippen LogP) is 3.54. The maximum Gasteiger partial charge on any atom is 0.139 e. The first-order valence-corrected chi connectivity index (χ1v) is 7.28. The van der Waals surface area contributed by atoms with Crippen LogP contribution in [0.25, 0.3) is 0 Å². The van der Waals surface area contributed by atoms with Gasteiger partial charge in [-0.2, -0.15) is 5.26 Å². The molecular weight excluding hydrogens is 272 g/mol. The summed E-state index contributed by atoms with van der Waals surface area (Å²) < 4.78 is 0. The third-order valence-electron chi connectivity index (χ3n) is 3.54. The van der Waals surface area contributed by atoms with Gasteiger partial charge in [0, 0.05) is 25.2 Å². The Morgan fingerprint density at radius 3 is 2.27 bits per heavy atom. The molecule has 3 nitrogen and oxygen atoms in total. The molecule has 2 aromatic rings. The van der Waals surface area contributed by atoms with Crippen LogP contribution in [0.1, 0.15) is 18.1 Å². The Bertz CT molecular complexity index is 692. The Morgan fingerprint density at radius 2 is 1.73 bits per heavy atom. The van der Waals surface area contributed by atoms with E-state index in [2.05, 4.69) is 24.0 Å². The van der Waals surface area contributed by atoms with Gasteiger partial charge in [0.15, 0.2) is 0 Å². The fourth-order valence-electron chi connectivity index (χ4n) is 2.32. The van der Waals surface area contributed by atoms with Crippen molar-refractivity contribution in [1.82, 2.24) is 0 Å². The summed E-state index contributed by atoms with van der Waals surface area (Å²) in [5, 5.41) is 8.77. The lowest BCUT2D eigenvalue weighted by atomic mass is 10.1. The van der Waals surface area contributed by atoms with E-state index >= 15 is 0 Å². The Kier molecular flexibility index (Phi) is 5.54. The molecule has 0 N–H and O–H groups in total. The van der Waals surface area contributed by atoms with Crippen LogP contribution in [0.15, 0.2) is 60.2 Å². The van der Waals surface area contributed by atoms with Gasteiger partial charge >= 0.3 is 0 Å². The summed E-state index contributed by atoms with van der Waals surface area (Å²) in [6.07, 6.45) is 0.338. The van der Waals surface area contributed by atoms with Crippen LogP contribution in [0.4, 0.5) is 5.69 Å². The molecule has 0 saturated carbocycles. The fourth-order valence-corrected chi connectivity index (χ4v) is 2.32. The largest absolute Gasteiger partial charge is 0.367 e. The van der Waals surface area contributed by atoms with Gasteiger partial charge in [0.05, 0.1) is 0 Å². The van der Waals surface area contributed by atoms with Crippen LogP contribution < -0.4 is 4.90 Å². The topological polar surface area (TPSA) is 44.1 Å². The van der Waals surface area contributed by atoms with Gasteiger partial charge in [-0.3, -0.25) is 0 Å². The molecule has 0 heterocycles. The van der Waals surface area contributed by atoms with Gasteiger partial charge in [0.1, 0.15) is 17.6 Å². The summed E-state index contributed by atoms with van der Waals surface area (Å²) in [4.78, 5) is 12.9. The minimum atomic E-state index is 0.129. The second kappa shape index (κ2) is 7.83. The molecule has 0 radical (unpaired) electrons. The van der Waals surface area contributed by atoms with Gasteiger partial charge in [-0.25, -0.2) is 4.79 Å². The minimum absolute atomic E-state index is 0.129. The Hall–Kier alpha value is -2.82. The zero-order valence-electron chi connectivity index (χ0n) is 12.6. The molecule has 0 fully saturated rings. The monoisotopic (exact) mass is 290 g/mol. The van der Waals surface area contributed by atoms with Crippen LogP contribution in [0.5, 0.6) is 0 Å². The highest BCUT2D eigenvalue weighted by Crippen LogP contribution is 2.19. The molecule has 0 spiro atoms. The summed E-state index contributed by atoms with van der Waals surface area (Å²) in [6.45, 7) is 3.89. The number of allylic oxidation sites excluding steroid dienone is 1. The Labute approximate surface area is 131 Å². The van der Waals surface area contributed by atoms with Crippen molar-refractivity contribution in [3.05, 3.63) is 71.3 Å².